The van der Waals surface area contributed by atoms with Crippen molar-refractivity contribution >= 4 is 21.1 Å². The maximum atomic E-state index is 2.45. The van der Waals surface area contributed by atoms with Crippen LogP contribution < -0.4 is 0 Å². The number of hydrogen-bond acceptors (Lipinski definition) is 0. The summed E-state index contributed by atoms with van der Waals surface area (Å²) >= 11 is -0.438. The fraction of sp³-hybridized carbons (Fsp3) is 1.00. The summed E-state index contributed by atoms with van der Waals surface area (Å²) < 4.78 is 1.61. The van der Waals surface area contributed by atoms with Gasteiger partial charge < -0.3 is 0 Å². The van der Waals surface area contributed by atoms with Crippen LogP contribution in [0, 0.1) is 0 Å². The summed E-state index contributed by atoms with van der Waals surface area (Å²) in [5.74, 6) is 0. The molecule has 0 amide bonds. The van der Waals surface area contributed by atoms with Crippen LogP contribution >= 0.6 is 0 Å². The Labute approximate surface area is 171 Å². The van der Waals surface area contributed by atoms with Crippen LogP contribution in [0.3, 0.4) is 0 Å². The van der Waals surface area contributed by atoms with Gasteiger partial charge in [-0.1, -0.05) is 0 Å². The molecule has 0 bridgehead atoms. The van der Waals surface area contributed by atoms with Crippen molar-refractivity contribution in [3.05, 3.63) is 0 Å². The van der Waals surface area contributed by atoms with Crippen LogP contribution in [0.5, 0.6) is 0 Å². The summed E-state index contributed by atoms with van der Waals surface area (Å²) in [7, 11) is 0. The van der Waals surface area contributed by atoms with Crippen LogP contribution in [0.1, 0.15) is 144 Å². The molecule has 150 valence electrons. The van der Waals surface area contributed by atoms with Gasteiger partial charge in [0.2, 0.25) is 0 Å². The molecule has 0 spiro atoms. The Bertz CT molecular complexity index is 240. The van der Waals surface area contributed by atoms with Crippen molar-refractivity contribution in [2.75, 3.05) is 0 Å². The van der Waals surface area contributed by atoms with Crippen molar-refractivity contribution in [2.24, 2.45) is 0 Å². The Morgan fingerprint density at radius 1 is 0.400 bits per heavy atom. The molecule has 1 heteroatoms. The first-order valence-electron chi connectivity index (χ1n) is 11.9. The normalized spacial score (nSPS) is 12.7. The number of unbranched alkanes of at least 4 members (excludes halogenated alkanes) is 4. The van der Waals surface area contributed by atoms with E-state index in [4.69, 9.17) is 0 Å². The van der Waals surface area contributed by atoms with E-state index < -0.39 is 21.1 Å². The molecule has 0 N–H and O–H groups in total. The standard InChI is InChI=1S/2C12H25.Sn/c2*1-4-7-10-12(9-6-3)11-8-5-2;/h2*4-11H2,1-3H3;. The van der Waals surface area contributed by atoms with E-state index in [1.54, 1.807) is 38.5 Å². The van der Waals surface area contributed by atoms with E-state index in [2.05, 4.69) is 41.5 Å². The van der Waals surface area contributed by atoms with Gasteiger partial charge in [0, 0.05) is 0 Å². The van der Waals surface area contributed by atoms with Crippen LogP contribution in [-0.2, 0) is 0 Å². The summed E-state index contributed by atoms with van der Waals surface area (Å²) in [6.45, 7) is 14.5. The number of rotatable bonds is 18. The third-order valence-corrected chi connectivity index (χ3v) is 13.3. The zero-order valence-electron chi connectivity index (χ0n) is 18.8. The molecule has 0 aromatic heterocycles. The van der Waals surface area contributed by atoms with Crippen LogP contribution in [0.2, 0.25) is 6.86 Å². The predicted molar refractivity (Wildman–Crippen MR) is 119 cm³/mol. The van der Waals surface area contributed by atoms with Gasteiger partial charge in [0.05, 0.1) is 0 Å². The Morgan fingerprint density at radius 3 is 0.880 bits per heavy atom. The molecule has 0 aliphatic heterocycles. The average Bonchev–Trinajstić information content (AvgIpc) is 2.61. The first-order chi connectivity index (χ1) is 12.1. The van der Waals surface area contributed by atoms with Crippen molar-refractivity contribution in [1.29, 1.82) is 0 Å². The fourth-order valence-corrected chi connectivity index (χ4v) is 13.5. The topological polar surface area (TPSA) is 0 Å². The Hall–Kier alpha value is 0.799. The molecule has 0 aliphatic rings. The van der Waals surface area contributed by atoms with E-state index in [0.717, 1.165) is 6.86 Å². The van der Waals surface area contributed by atoms with Gasteiger partial charge in [0.15, 0.2) is 0 Å². The molecular weight excluding hydrogens is 407 g/mol. The van der Waals surface area contributed by atoms with Gasteiger partial charge in [0.1, 0.15) is 0 Å². The van der Waals surface area contributed by atoms with Crippen molar-refractivity contribution < 1.29 is 0 Å². The summed E-state index contributed by atoms with van der Waals surface area (Å²) in [5, 5.41) is 0. The van der Waals surface area contributed by atoms with E-state index in [1.807, 2.05) is 0 Å². The van der Waals surface area contributed by atoms with Crippen LogP contribution in [0.4, 0.5) is 0 Å². The molecule has 0 rings (SSSR count). The zero-order chi connectivity index (χ0) is 19.0. The molecule has 0 nitrogen and oxygen atoms in total. The van der Waals surface area contributed by atoms with Crippen molar-refractivity contribution in [2.45, 2.75) is 151 Å². The van der Waals surface area contributed by atoms with E-state index in [9.17, 15) is 0 Å². The van der Waals surface area contributed by atoms with E-state index in [1.165, 1.54) is 64.2 Å². The molecule has 0 atom stereocenters. The molecule has 0 fully saturated rings. The molecule has 0 aliphatic carbocycles. The molecule has 0 saturated heterocycles. The Balaban J connectivity index is 5.52. The van der Waals surface area contributed by atoms with Gasteiger partial charge in [-0.15, -0.1) is 0 Å². The van der Waals surface area contributed by atoms with Crippen molar-refractivity contribution in [3.63, 3.8) is 0 Å². The maximum absolute atomic E-state index is 2.45. The van der Waals surface area contributed by atoms with Gasteiger partial charge in [-0.25, -0.2) is 0 Å². The molecule has 25 heavy (non-hydrogen) atoms. The predicted octanol–water partition coefficient (Wildman–Crippen LogP) is 9.37. The van der Waals surface area contributed by atoms with Crippen LogP contribution in [0.25, 0.3) is 0 Å². The van der Waals surface area contributed by atoms with Gasteiger partial charge >= 0.3 is 172 Å². The molecule has 0 saturated carbocycles. The van der Waals surface area contributed by atoms with Gasteiger partial charge in [-0.2, -0.15) is 0 Å². The minimum atomic E-state index is -0.438. The zero-order valence-corrected chi connectivity index (χ0v) is 21.7. The Morgan fingerprint density at radius 2 is 0.680 bits per heavy atom. The van der Waals surface area contributed by atoms with Crippen LogP contribution in [0.15, 0.2) is 0 Å². The first kappa shape index (κ1) is 25.8. The quantitative estimate of drug-likeness (QED) is 0.180. The SMILES string of the molecule is CCCC[C](CCC)(CCCC)[Sn][C](CCC)(CCCC)CCCC. The fourth-order valence-electron chi connectivity index (χ4n) is 4.71. The first-order valence-corrected chi connectivity index (χ1v) is 14.7. The molecule has 0 aromatic rings. The van der Waals surface area contributed by atoms with E-state index in [0.29, 0.717) is 0 Å². The van der Waals surface area contributed by atoms with Gasteiger partial charge in [-0.3, -0.25) is 0 Å². The summed E-state index contributed by atoms with van der Waals surface area (Å²) in [5.41, 5.74) is 0. The summed E-state index contributed by atoms with van der Waals surface area (Å²) in [6.07, 6.45) is 23.7. The second kappa shape index (κ2) is 15.8. The second-order valence-corrected chi connectivity index (χ2v) is 15.4. The van der Waals surface area contributed by atoms with Crippen molar-refractivity contribution in [1.82, 2.24) is 0 Å². The summed E-state index contributed by atoms with van der Waals surface area (Å²) in [4.78, 5) is 0. The number of hydrogen-bond donors (Lipinski definition) is 0. The summed E-state index contributed by atoms with van der Waals surface area (Å²) in [6, 6.07) is 0. The van der Waals surface area contributed by atoms with Gasteiger partial charge in [0.25, 0.3) is 0 Å². The molecule has 2 radical (unpaired) electrons. The third kappa shape index (κ3) is 10.6. The second-order valence-electron chi connectivity index (χ2n) is 8.60. The molecular formula is C24H50Sn. The Kier molecular flexibility index (Phi) is 16.3. The third-order valence-electron chi connectivity index (χ3n) is 6.02. The molecule has 0 aromatic carbocycles. The molecule has 0 unspecified atom stereocenters. The van der Waals surface area contributed by atoms with Crippen molar-refractivity contribution in [3.8, 4) is 0 Å². The van der Waals surface area contributed by atoms with E-state index in [-0.39, 0.29) is 0 Å². The average molecular weight is 457 g/mol. The molecule has 0 heterocycles. The van der Waals surface area contributed by atoms with E-state index >= 15 is 0 Å². The minimum absolute atomic E-state index is 0.438. The van der Waals surface area contributed by atoms with Gasteiger partial charge in [-0.05, 0) is 0 Å². The monoisotopic (exact) mass is 458 g/mol. The van der Waals surface area contributed by atoms with Crippen LogP contribution in [-0.4, -0.2) is 21.1 Å².